The number of rotatable bonds is 6. The van der Waals surface area contributed by atoms with E-state index in [9.17, 15) is 0 Å². The molecule has 2 aromatic heterocycles. The minimum absolute atomic E-state index is 0. The van der Waals surface area contributed by atoms with E-state index in [1.807, 2.05) is 13.1 Å². The van der Waals surface area contributed by atoms with E-state index in [4.69, 9.17) is 4.52 Å². The van der Waals surface area contributed by atoms with Crippen LogP contribution in [0.2, 0.25) is 0 Å². The van der Waals surface area contributed by atoms with Gasteiger partial charge in [-0.05, 0) is 13.3 Å². The molecule has 0 saturated heterocycles. The molecular weight excluding hydrogens is 401 g/mol. The predicted molar refractivity (Wildman–Crippen MR) is 95.1 cm³/mol. The van der Waals surface area contributed by atoms with Crippen LogP contribution in [0.5, 0.6) is 0 Å². The molecule has 2 aromatic rings. The minimum Gasteiger partial charge on any atom is -0.364 e. The third-order valence-electron chi connectivity index (χ3n) is 2.59. The first-order valence-electron chi connectivity index (χ1n) is 6.66. The Morgan fingerprint density at radius 2 is 2.24 bits per heavy atom. The molecule has 0 saturated carbocycles. The van der Waals surface area contributed by atoms with Crippen molar-refractivity contribution < 1.29 is 4.52 Å². The van der Waals surface area contributed by atoms with Crippen molar-refractivity contribution in [3.05, 3.63) is 34.1 Å². The van der Waals surface area contributed by atoms with Crippen molar-refractivity contribution in [3.8, 4) is 0 Å². The summed E-state index contributed by atoms with van der Waals surface area (Å²) in [4.78, 5) is 10.1. The van der Waals surface area contributed by atoms with Crippen LogP contribution in [0.4, 0.5) is 0 Å². The molecule has 0 aliphatic rings. The number of hydrogen-bond donors (Lipinski definition) is 2. The first kappa shape index (κ1) is 17.9. The molecule has 0 radical (unpaired) electrons. The topological polar surface area (TPSA) is 75.3 Å². The summed E-state index contributed by atoms with van der Waals surface area (Å²) in [5, 5.41) is 11.4. The molecule has 0 unspecified atom stereocenters. The molecule has 8 heteroatoms. The van der Waals surface area contributed by atoms with Crippen molar-refractivity contribution in [3.63, 3.8) is 0 Å². The van der Waals surface area contributed by atoms with Gasteiger partial charge in [-0.25, -0.2) is 9.98 Å². The maximum absolute atomic E-state index is 4.78. The third kappa shape index (κ3) is 6.00. The number of aryl methyl sites for hydroxylation is 1. The highest BCUT2D eigenvalue weighted by molar-refractivity contribution is 14.0. The van der Waals surface area contributed by atoms with Crippen molar-refractivity contribution in [2.75, 3.05) is 6.54 Å². The van der Waals surface area contributed by atoms with Gasteiger partial charge in [0.05, 0.1) is 13.1 Å². The zero-order chi connectivity index (χ0) is 14.2. The van der Waals surface area contributed by atoms with Gasteiger partial charge in [0, 0.05) is 23.7 Å². The smallest absolute Gasteiger partial charge is 0.191 e. The number of nitrogens with zero attached hydrogens (tertiary/aromatic N) is 3. The van der Waals surface area contributed by atoms with Crippen LogP contribution in [0.25, 0.3) is 0 Å². The fourth-order valence-corrected chi connectivity index (χ4v) is 2.38. The summed E-state index contributed by atoms with van der Waals surface area (Å²) in [6, 6.07) is 1.81. The highest BCUT2D eigenvalue weighted by Gasteiger charge is 2.03. The van der Waals surface area contributed by atoms with E-state index < -0.39 is 0 Å². The molecule has 2 rings (SSSR count). The van der Waals surface area contributed by atoms with Gasteiger partial charge in [0.1, 0.15) is 17.0 Å². The van der Waals surface area contributed by atoms with Crippen LogP contribution < -0.4 is 10.6 Å². The van der Waals surface area contributed by atoms with Gasteiger partial charge in [-0.15, -0.1) is 35.3 Å². The zero-order valence-corrected chi connectivity index (χ0v) is 15.3. The molecule has 0 spiro atoms. The summed E-state index contributed by atoms with van der Waals surface area (Å²) < 4.78 is 4.78. The average molecular weight is 421 g/mol. The van der Waals surface area contributed by atoms with E-state index in [0.29, 0.717) is 13.1 Å². The second-order valence-corrected chi connectivity index (χ2v) is 5.31. The number of halogens is 1. The van der Waals surface area contributed by atoms with Crippen LogP contribution in [0.1, 0.15) is 29.4 Å². The number of aliphatic imine (C=N–C) groups is 1. The largest absolute Gasteiger partial charge is 0.364 e. The molecule has 116 valence electrons. The summed E-state index contributed by atoms with van der Waals surface area (Å²) in [6.07, 6.45) is 4.51. The van der Waals surface area contributed by atoms with E-state index in [1.54, 1.807) is 23.7 Å². The molecule has 0 amide bonds. The Morgan fingerprint density at radius 3 is 2.86 bits per heavy atom. The van der Waals surface area contributed by atoms with Gasteiger partial charge in [-0.3, -0.25) is 0 Å². The number of nitrogens with one attached hydrogen (secondary N) is 2. The SMILES string of the molecule is CCNC(=NCc1ccon1)NCc1ncc(CC)s1.I. The van der Waals surface area contributed by atoms with Crippen molar-refractivity contribution in [2.24, 2.45) is 4.99 Å². The monoisotopic (exact) mass is 421 g/mol. The average Bonchev–Trinajstić information content (AvgIpc) is 3.13. The zero-order valence-electron chi connectivity index (χ0n) is 12.1. The summed E-state index contributed by atoms with van der Waals surface area (Å²) in [6.45, 7) is 6.14. The molecule has 0 aliphatic carbocycles. The lowest BCUT2D eigenvalue weighted by atomic mass is 10.4. The van der Waals surface area contributed by atoms with Gasteiger partial charge >= 0.3 is 0 Å². The van der Waals surface area contributed by atoms with Gasteiger partial charge < -0.3 is 15.2 Å². The molecule has 0 bridgehead atoms. The van der Waals surface area contributed by atoms with Gasteiger partial charge in [0.2, 0.25) is 0 Å². The Labute approximate surface area is 145 Å². The van der Waals surface area contributed by atoms with E-state index in [2.05, 4.69) is 32.7 Å². The molecular formula is C13H20IN5OS. The van der Waals surface area contributed by atoms with Crippen LogP contribution in [0, 0.1) is 0 Å². The van der Waals surface area contributed by atoms with E-state index >= 15 is 0 Å². The Morgan fingerprint density at radius 1 is 1.38 bits per heavy atom. The molecule has 0 fully saturated rings. The van der Waals surface area contributed by atoms with Crippen molar-refractivity contribution in [2.45, 2.75) is 33.4 Å². The van der Waals surface area contributed by atoms with Crippen molar-refractivity contribution >= 4 is 41.3 Å². The first-order valence-corrected chi connectivity index (χ1v) is 7.48. The maximum atomic E-state index is 4.78. The molecule has 21 heavy (non-hydrogen) atoms. The fourth-order valence-electron chi connectivity index (χ4n) is 1.57. The van der Waals surface area contributed by atoms with E-state index in [-0.39, 0.29) is 24.0 Å². The lowest BCUT2D eigenvalue weighted by Gasteiger charge is -2.09. The second kappa shape index (κ2) is 9.72. The number of guanidine groups is 1. The van der Waals surface area contributed by atoms with Gasteiger partial charge in [0.25, 0.3) is 0 Å². The van der Waals surface area contributed by atoms with Crippen molar-refractivity contribution in [1.29, 1.82) is 0 Å². The Bertz CT molecular complexity index is 541. The highest BCUT2D eigenvalue weighted by Crippen LogP contribution is 2.12. The van der Waals surface area contributed by atoms with Gasteiger partial charge in [-0.1, -0.05) is 12.1 Å². The summed E-state index contributed by atoms with van der Waals surface area (Å²) in [5.41, 5.74) is 0.810. The molecule has 2 heterocycles. The molecule has 2 N–H and O–H groups in total. The Balaban J connectivity index is 0.00000220. The van der Waals surface area contributed by atoms with Crippen LogP contribution >= 0.6 is 35.3 Å². The lowest BCUT2D eigenvalue weighted by molar-refractivity contribution is 0.412. The van der Waals surface area contributed by atoms with Gasteiger partial charge in [-0.2, -0.15) is 0 Å². The molecule has 0 aliphatic heterocycles. The predicted octanol–water partition coefficient (Wildman–Crippen LogP) is 2.57. The summed E-state index contributed by atoms with van der Waals surface area (Å²) >= 11 is 1.73. The van der Waals surface area contributed by atoms with Crippen LogP contribution in [0.15, 0.2) is 28.0 Å². The summed E-state index contributed by atoms with van der Waals surface area (Å²) in [7, 11) is 0. The number of thiazole rings is 1. The highest BCUT2D eigenvalue weighted by atomic mass is 127. The number of aromatic nitrogens is 2. The van der Waals surface area contributed by atoms with Crippen molar-refractivity contribution in [1.82, 2.24) is 20.8 Å². The van der Waals surface area contributed by atoms with E-state index in [1.165, 1.54) is 4.88 Å². The third-order valence-corrected chi connectivity index (χ3v) is 3.73. The maximum Gasteiger partial charge on any atom is 0.191 e. The van der Waals surface area contributed by atoms with Crippen LogP contribution in [-0.2, 0) is 19.5 Å². The van der Waals surface area contributed by atoms with Crippen LogP contribution in [0.3, 0.4) is 0 Å². The first-order chi connectivity index (χ1) is 9.81. The second-order valence-electron chi connectivity index (χ2n) is 4.11. The fraction of sp³-hybridized carbons (Fsp3) is 0.462. The number of hydrogen-bond acceptors (Lipinski definition) is 5. The van der Waals surface area contributed by atoms with Gasteiger partial charge in [0.15, 0.2) is 5.96 Å². The Hall–Kier alpha value is -1.16. The Kier molecular flexibility index (Phi) is 8.28. The summed E-state index contributed by atoms with van der Waals surface area (Å²) in [5.74, 6) is 0.753. The molecule has 0 atom stereocenters. The standard InChI is InChI=1S/C13H19N5OS.HI/c1-3-11-8-15-12(20-11)9-17-13(14-4-2)16-7-10-5-6-19-18-10;/h5-6,8H,3-4,7,9H2,1-2H3,(H2,14,16,17);1H. The van der Waals surface area contributed by atoms with Crippen LogP contribution in [-0.4, -0.2) is 22.6 Å². The molecule has 6 nitrogen and oxygen atoms in total. The normalized spacial score (nSPS) is 11.0. The van der Waals surface area contributed by atoms with E-state index in [0.717, 1.165) is 29.6 Å². The lowest BCUT2D eigenvalue weighted by Crippen LogP contribution is -2.36. The molecule has 0 aromatic carbocycles. The minimum atomic E-state index is 0. The quantitative estimate of drug-likeness (QED) is 0.426.